The molecule has 12 heavy (non-hydrogen) atoms. The van der Waals surface area contributed by atoms with Crippen molar-refractivity contribution < 1.29 is 5.11 Å². The monoisotopic (exact) mass is 196 g/mol. The average molecular weight is 196 g/mol. The van der Waals surface area contributed by atoms with Crippen molar-refractivity contribution in [3.05, 3.63) is 23.1 Å². The molecule has 3 heteroatoms. The van der Waals surface area contributed by atoms with Gasteiger partial charge in [0.1, 0.15) is 5.75 Å². The number of thiol groups is 1. The Morgan fingerprint density at radius 2 is 2.17 bits per heavy atom. The first-order chi connectivity index (χ1) is 5.70. The minimum Gasteiger partial charge on any atom is -0.506 e. The van der Waals surface area contributed by atoms with Crippen LogP contribution in [0.15, 0.2) is 22.4 Å². The molecule has 0 bridgehead atoms. The van der Waals surface area contributed by atoms with Crippen LogP contribution in [-0.2, 0) is 0 Å². The van der Waals surface area contributed by atoms with Crippen molar-refractivity contribution in [3.8, 4) is 5.75 Å². The van der Waals surface area contributed by atoms with E-state index >= 15 is 0 Å². The minimum atomic E-state index is 0.364. The molecule has 62 valence electrons. The summed E-state index contributed by atoms with van der Waals surface area (Å²) in [4.78, 5) is 0.931. The highest BCUT2D eigenvalue weighted by atomic mass is 32.1. The number of benzene rings is 1. The molecule has 0 amide bonds. The van der Waals surface area contributed by atoms with E-state index in [4.69, 9.17) is 0 Å². The summed E-state index contributed by atoms with van der Waals surface area (Å²) in [5.74, 6) is 0.364. The topological polar surface area (TPSA) is 20.2 Å². The molecule has 2 aromatic rings. The van der Waals surface area contributed by atoms with Gasteiger partial charge in [0, 0.05) is 15.7 Å². The lowest BCUT2D eigenvalue weighted by molar-refractivity contribution is 0.483. The van der Waals surface area contributed by atoms with Crippen molar-refractivity contribution in [2.45, 2.75) is 11.8 Å². The fourth-order valence-corrected chi connectivity index (χ4v) is 2.55. The van der Waals surface area contributed by atoms with Crippen LogP contribution in [0.3, 0.4) is 0 Å². The molecule has 1 aromatic carbocycles. The van der Waals surface area contributed by atoms with Crippen molar-refractivity contribution in [3.63, 3.8) is 0 Å². The van der Waals surface area contributed by atoms with Crippen LogP contribution in [0, 0.1) is 6.92 Å². The van der Waals surface area contributed by atoms with E-state index in [-0.39, 0.29) is 0 Å². The molecule has 1 N–H and O–H groups in total. The Labute approximate surface area is 80.1 Å². The zero-order chi connectivity index (χ0) is 8.72. The van der Waals surface area contributed by atoms with Crippen molar-refractivity contribution in [2.75, 3.05) is 0 Å². The third-order valence-corrected chi connectivity index (χ3v) is 3.41. The van der Waals surface area contributed by atoms with Gasteiger partial charge in [-0.3, -0.25) is 0 Å². The predicted molar refractivity (Wildman–Crippen MR) is 55.5 cm³/mol. The summed E-state index contributed by atoms with van der Waals surface area (Å²) in [7, 11) is 0. The quantitative estimate of drug-likeness (QED) is 0.620. The summed E-state index contributed by atoms with van der Waals surface area (Å²) in [5.41, 5.74) is 1.10. The van der Waals surface area contributed by atoms with E-state index in [1.54, 1.807) is 5.38 Å². The third kappa shape index (κ3) is 1.01. The Bertz CT molecular complexity index is 431. The number of hydrogen-bond donors (Lipinski definition) is 2. The summed E-state index contributed by atoms with van der Waals surface area (Å²) in [5, 5.41) is 12.2. The zero-order valence-electron chi connectivity index (χ0n) is 6.53. The molecule has 0 saturated carbocycles. The van der Waals surface area contributed by atoms with E-state index in [0.717, 1.165) is 20.5 Å². The molecule has 0 unspecified atom stereocenters. The first kappa shape index (κ1) is 7.95. The molecule has 0 atom stereocenters. The van der Waals surface area contributed by atoms with Gasteiger partial charge in [-0.1, -0.05) is 6.07 Å². The summed E-state index contributed by atoms with van der Waals surface area (Å²) in [6.45, 7) is 1.99. The van der Waals surface area contributed by atoms with Gasteiger partial charge in [-0.2, -0.15) is 0 Å². The normalized spacial score (nSPS) is 10.8. The maximum Gasteiger partial charge on any atom is 0.134 e. The van der Waals surface area contributed by atoms with Crippen LogP contribution >= 0.6 is 24.0 Å². The Morgan fingerprint density at radius 3 is 2.83 bits per heavy atom. The molecule has 1 heterocycles. The molecule has 0 saturated heterocycles. The van der Waals surface area contributed by atoms with Gasteiger partial charge in [0.15, 0.2) is 0 Å². The van der Waals surface area contributed by atoms with Crippen molar-refractivity contribution in [1.82, 2.24) is 0 Å². The Hall–Kier alpha value is -0.670. The molecule has 0 spiro atoms. The van der Waals surface area contributed by atoms with E-state index in [1.807, 2.05) is 19.1 Å². The molecular formula is C9H8OS2. The molecule has 0 aliphatic heterocycles. The lowest BCUT2D eigenvalue weighted by Gasteiger charge is -1.98. The maximum atomic E-state index is 9.49. The van der Waals surface area contributed by atoms with Crippen LogP contribution in [0.5, 0.6) is 5.75 Å². The second kappa shape index (κ2) is 2.68. The highest BCUT2D eigenvalue weighted by molar-refractivity contribution is 7.80. The molecule has 2 rings (SSSR count). The summed E-state index contributed by atoms with van der Waals surface area (Å²) in [6.07, 6.45) is 0. The average Bonchev–Trinajstić information content (AvgIpc) is 2.42. The van der Waals surface area contributed by atoms with E-state index in [9.17, 15) is 5.11 Å². The molecule has 0 aliphatic rings. The van der Waals surface area contributed by atoms with E-state index in [0.29, 0.717) is 5.75 Å². The Morgan fingerprint density at radius 1 is 1.42 bits per heavy atom. The highest BCUT2D eigenvalue weighted by Crippen LogP contribution is 2.37. The van der Waals surface area contributed by atoms with Crippen LogP contribution in [0.25, 0.3) is 10.1 Å². The number of fused-ring (bicyclic) bond motifs is 1. The Balaban J connectivity index is 2.98. The number of aromatic hydroxyl groups is 1. The predicted octanol–water partition coefficient (Wildman–Crippen LogP) is 3.20. The fourth-order valence-electron chi connectivity index (χ4n) is 1.28. The van der Waals surface area contributed by atoms with Crippen molar-refractivity contribution in [2.24, 2.45) is 0 Å². The van der Waals surface area contributed by atoms with Crippen molar-refractivity contribution >= 4 is 34.1 Å². The van der Waals surface area contributed by atoms with Gasteiger partial charge in [-0.25, -0.2) is 0 Å². The van der Waals surface area contributed by atoms with Crippen LogP contribution in [0.2, 0.25) is 0 Å². The number of aryl methyl sites for hydroxylation is 1. The van der Waals surface area contributed by atoms with E-state index in [1.165, 1.54) is 11.3 Å². The molecule has 0 radical (unpaired) electrons. The largest absolute Gasteiger partial charge is 0.506 e. The minimum absolute atomic E-state index is 0.364. The number of hydrogen-bond acceptors (Lipinski definition) is 3. The van der Waals surface area contributed by atoms with Gasteiger partial charge in [0.2, 0.25) is 0 Å². The van der Waals surface area contributed by atoms with Crippen LogP contribution in [-0.4, -0.2) is 5.11 Å². The third-order valence-electron chi connectivity index (χ3n) is 1.89. The zero-order valence-corrected chi connectivity index (χ0v) is 8.25. The lowest BCUT2D eigenvalue weighted by atomic mass is 10.1. The molecule has 0 aliphatic carbocycles. The Kier molecular flexibility index (Phi) is 1.77. The van der Waals surface area contributed by atoms with E-state index in [2.05, 4.69) is 12.6 Å². The first-order valence-electron chi connectivity index (χ1n) is 3.59. The van der Waals surface area contributed by atoms with Gasteiger partial charge in [0.05, 0.1) is 4.70 Å². The highest BCUT2D eigenvalue weighted by Gasteiger charge is 2.07. The van der Waals surface area contributed by atoms with E-state index < -0.39 is 0 Å². The smallest absolute Gasteiger partial charge is 0.134 e. The van der Waals surface area contributed by atoms with Crippen LogP contribution in [0.1, 0.15) is 5.56 Å². The van der Waals surface area contributed by atoms with Gasteiger partial charge in [0.25, 0.3) is 0 Å². The first-order valence-corrected chi connectivity index (χ1v) is 4.91. The summed E-state index contributed by atoms with van der Waals surface area (Å²) >= 11 is 5.84. The second-order valence-corrected chi connectivity index (χ2v) is 4.09. The molecular weight excluding hydrogens is 188 g/mol. The van der Waals surface area contributed by atoms with Crippen molar-refractivity contribution in [1.29, 1.82) is 0 Å². The van der Waals surface area contributed by atoms with Crippen LogP contribution in [0.4, 0.5) is 0 Å². The molecule has 1 nitrogen and oxygen atoms in total. The molecule has 0 fully saturated rings. The maximum absolute atomic E-state index is 9.49. The lowest BCUT2D eigenvalue weighted by Crippen LogP contribution is -1.74. The van der Waals surface area contributed by atoms with Crippen LogP contribution < -0.4 is 0 Å². The SMILES string of the molecule is Cc1ccc(S)c2scc(O)c12. The van der Waals surface area contributed by atoms with Gasteiger partial charge in [-0.05, 0) is 18.6 Å². The van der Waals surface area contributed by atoms with Gasteiger partial charge in [-0.15, -0.1) is 24.0 Å². The molecule has 1 aromatic heterocycles. The van der Waals surface area contributed by atoms with Gasteiger partial charge < -0.3 is 5.11 Å². The number of rotatable bonds is 0. The summed E-state index contributed by atoms with van der Waals surface area (Å²) in [6, 6.07) is 3.92. The fraction of sp³-hybridized carbons (Fsp3) is 0.111. The second-order valence-electron chi connectivity index (χ2n) is 2.73. The number of thiophene rings is 1. The summed E-state index contributed by atoms with van der Waals surface area (Å²) < 4.78 is 1.07. The standard InChI is InChI=1S/C9H8OS2/c1-5-2-3-7(11)9-8(5)6(10)4-12-9/h2-4,10-11H,1H3. The van der Waals surface area contributed by atoms with Gasteiger partial charge >= 0.3 is 0 Å².